The number of nitrogens with zero attached hydrogens (tertiary/aromatic N) is 1. The van der Waals surface area contributed by atoms with E-state index < -0.39 is 25.9 Å². The SMILES string of the molecule is COc1ccccc1Oc1ccc(S(=O)(=O)N2CCCC2CS(=O)(=O)c2ccccc2)cc1. The lowest BCUT2D eigenvalue weighted by Gasteiger charge is -2.24. The quantitative estimate of drug-likeness (QED) is 0.475. The Morgan fingerprint density at radius 2 is 1.45 bits per heavy atom. The second kappa shape index (κ2) is 9.54. The van der Waals surface area contributed by atoms with Gasteiger partial charge >= 0.3 is 0 Å². The second-order valence-electron chi connectivity index (χ2n) is 7.73. The summed E-state index contributed by atoms with van der Waals surface area (Å²) in [7, 11) is -5.92. The first-order valence-electron chi connectivity index (χ1n) is 10.5. The van der Waals surface area contributed by atoms with Crippen LogP contribution < -0.4 is 9.47 Å². The first-order chi connectivity index (χ1) is 15.8. The highest BCUT2D eigenvalue weighted by atomic mass is 32.2. The molecular formula is C24H25NO6S2. The Morgan fingerprint density at radius 1 is 0.818 bits per heavy atom. The van der Waals surface area contributed by atoms with Gasteiger partial charge in [-0.25, -0.2) is 16.8 Å². The van der Waals surface area contributed by atoms with Gasteiger partial charge < -0.3 is 9.47 Å². The third-order valence-corrected chi connectivity index (χ3v) is 9.34. The number of benzene rings is 3. The Morgan fingerprint density at radius 3 is 2.12 bits per heavy atom. The standard InChI is InChI=1S/C24H25NO6S2/c1-30-23-11-5-6-12-24(23)31-20-13-15-22(16-14-20)33(28,29)25-17-7-8-19(25)18-32(26,27)21-9-3-2-4-10-21/h2-6,9-16,19H,7-8,17-18H2,1H3. The van der Waals surface area contributed by atoms with E-state index in [0.717, 1.165) is 0 Å². The van der Waals surface area contributed by atoms with Crippen molar-refractivity contribution in [3.8, 4) is 17.2 Å². The molecule has 0 spiro atoms. The highest BCUT2D eigenvalue weighted by Gasteiger charge is 2.38. The molecule has 0 bridgehead atoms. The Labute approximate surface area is 194 Å². The summed E-state index contributed by atoms with van der Waals surface area (Å²) in [5, 5.41) is 0. The topological polar surface area (TPSA) is 90.0 Å². The van der Waals surface area contributed by atoms with Gasteiger partial charge in [-0.05, 0) is 61.4 Å². The summed E-state index contributed by atoms with van der Waals surface area (Å²) in [6, 6.07) is 20.8. The van der Waals surface area contributed by atoms with Crippen LogP contribution in [-0.4, -0.2) is 46.6 Å². The summed E-state index contributed by atoms with van der Waals surface area (Å²) in [5.41, 5.74) is 0. The van der Waals surface area contributed by atoms with Gasteiger partial charge in [-0.15, -0.1) is 0 Å². The van der Waals surface area contributed by atoms with Gasteiger partial charge in [-0.3, -0.25) is 0 Å². The number of rotatable bonds is 8. The number of ether oxygens (including phenoxy) is 2. The maximum Gasteiger partial charge on any atom is 0.243 e. The molecule has 1 heterocycles. The van der Waals surface area contributed by atoms with E-state index >= 15 is 0 Å². The van der Waals surface area contributed by atoms with Crippen LogP contribution in [-0.2, 0) is 19.9 Å². The molecule has 1 aliphatic heterocycles. The normalized spacial score (nSPS) is 17.1. The molecule has 1 fully saturated rings. The summed E-state index contributed by atoms with van der Waals surface area (Å²) < 4.78 is 64.6. The largest absolute Gasteiger partial charge is 0.493 e. The molecule has 1 saturated heterocycles. The first-order valence-corrected chi connectivity index (χ1v) is 13.6. The minimum Gasteiger partial charge on any atom is -0.493 e. The van der Waals surface area contributed by atoms with E-state index in [-0.39, 0.29) is 22.1 Å². The van der Waals surface area contributed by atoms with Crippen LogP contribution in [0.25, 0.3) is 0 Å². The molecule has 7 nitrogen and oxygen atoms in total. The molecule has 1 unspecified atom stereocenters. The van der Waals surface area contributed by atoms with Gasteiger partial charge in [0.25, 0.3) is 0 Å². The fourth-order valence-electron chi connectivity index (χ4n) is 3.91. The fourth-order valence-corrected chi connectivity index (χ4v) is 7.32. The van der Waals surface area contributed by atoms with E-state index in [9.17, 15) is 16.8 Å². The molecule has 0 aromatic heterocycles. The average Bonchev–Trinajstić information content (AvgIpc) is 3.29. The van der Waals surface area contributed by atoms with E-state index in [1.165, 1.54) is 28.6 Å². The van der Waals surface area contributed by atoms with Crippen molar-refractivity contribution in [1.82, 2.24) is 4.31 Å². The third kappa shape index (κ3) is 5.05. The zero-order valence-corrected chi connectivity index (χ0v) is 19.8. The summed E-state index contributed by atoms with van der Waals surface area (Å²) in [6.45, 7) is 0.288. The van der Waals surface area contributed by atoms with Crippen molar-refractivity contribution in [3.05, 3.63) is 78.9 Å². The Kier molecular flexibility index (Phi) is 6.73. The van der Waals surface area contributed by atoms with Crippen molar-refractivity contribution < 1.29 is 26.3 Å². The van der Waals surface area contributed by atoms with Gasteiger partial charge in [0.15, 0.2) is 21.3 Å². The van der Waals surface area contributed by atoms with Crippen LogP contribution in [0.4, 0.5) is 0 Å². The van der Waals surface area contributed by atoms with Gasteiger partial charge in [0.1, 0.15) is 5.75 Å². The number of sulfone groups is 1. The Hall–Kier alpha value is -2.88. The zero-order chi connectivity index (χ0) is 23.5. The van der Waals surface area contributed by atoms with Gasteiger partial charge in [-0.1, -0.05) is 30.3 Å². The molecular weight excluding hydrogens is 462 g/mol. The second-order valence-corrected chi connectivity index (χ2v) is 11.7. The first kappa shape index (κ1) is 23.3. The van der Waals surface area contributed by atoms with Crippen molar-refractivity contribution in [2.75, 3.05) is 19.4 Å². The minimum absolute atomic E-state index is 0.0962. The fraction of sp³-hybridized carbons (Fsp3) is 0.250. The lowest BCUT2D eigenvalue weighted by molar-refractivity contribution is 0.378. The number of sulfonamides is 1. The third-order valence-electron chi connectivity index (χ3n) is 5.56. The molecule has 1 aliphatic rings. The lowest BCUT2D eigenvalue weighted by Crippen LogP contribution is -2.39. The maximum absolute atomic E-state index is 13.3. The van der Waals surface area contributed by atoms with Gasteiger partial charge in [0.05, 0.1) is 22.7 Å². The molecule has 9 heteroatoms. The molecule has 3 aromatic carbocycles. The van der Waals surface area contributed by atoms with Crippen molar-refractivity contribution in [2.45, 2.75) is 28.7 Å². The number of para-hydroxylation sites is 2. The van der Waals surface area contributed by atoms with Crippen molar-refractivity contribution in [3.63, 3.8) is 0 Å². The van der Waals surface area contributed by atoms with Gasteiger partial charge in [-0.2, -0.15) is 4.31 Å². The Bertz CT molecular complexity index is 1310. The summed E-state index contributed by atoms with van der Waals surface area (Å²) in [4.78, 5) is 0.297. The van der Waals surface area contributed by atoms with Crippen LogP contribution in [0.5, 0.6) is 17.2 Å². The van der Waals surface area contributed by atoms with Crippen molar-refractivity contribution in [1.29, 1.82) is 0 Å². The van der Waals surface area contributed by atoms with Crippen molar-refractivity contribution in [2.24, 2.45) is 0 Å². The maximum atomic E-state index is 13.3. The summed E-state index contributed by atoms with van der Waals surface area (Å²) in [6.07, 6.45) is 1.11. The van der Waals surface area contributed by atoms with Crippen LogP contribution in [0.1, 0.15) is 12.8 Å². The highest BCUT2D eigenvalue weighted by Crippen LogP contribution is 2.33. The summed E-state index contributed by atoms with van der Waals surface area (Å²) >= 11 is 0. The molecule has 3 aromatic rings. The van der Waals surface area contributed by atoms with E-state index in [1.54, 1.807) is 49.6 Å². The molecule has 174 valence electrons. The van der Waals surface area contributed by atoms with Crippen LogP contribution >= 0.6 is 0 Å². The molecule has 1 atom stereocenters. The van der Waals surface area contributed by atoms with Gasteiger partial charge in [0, 0.05) is 12.6 Å². The molecule has 4 rings (SSSR count). The van der Waals surface area contributed by atoms with Crippen LogP contribution in [0.15, 0.2) is 88.7 Å². The molecule has 33 heavy (non-hydrogen) atoms. The van der Waals surface area contributed by atoms with E-state index in [1.807, 2.05) is 12.1 Å². The molecule has 0 radical (unpaired) electrons. The van der Waals surface area contributed by atoms with E-state index in [4.69, 9.17) is 9.47 Å². The number of methoxy groups -OCH3 is 1. The van der Waals surface area contributed by atoms with Gasteiger partial charge in [0.2, 0.25) is 10.0 Å². The zero-order valence-electron chi connectivity index (χ0n) is 18.1. The molecule has 0 N–H and O–H groups in total. The molecule has 0 aliphatic carbocycles. The minimum atomic E-state index is -3.86. The lowest BCUT2D eigenvalue weighted by atomic mass is 10.3. The van der Waals surface area contributed by atoms with E-state index in [2.05, 4.69) is 0 Å². The average molecular weight is 488 g/mol. The summed E-state index contributed by atoms with van der Waals surface area (Å²) in [5.74, 6) is 1.30. The number of hydrogen-bond donors (Lipinski definition) is 0. The monoisotopic (exact) mass is 487 g/mol. The predicted molar refractivity (Wildman–Crippen MR) is 125 cm³/mol. The predicted octanol–water partition coefficient (Wildman–Crippen LogP) is 4.11. The van der Waals surface area contributed by atoms with Crippen LogP contribution in [0.3, 0.4) is 0 Å². The molecule has 0 saturated carbocycles. The molecule has 0 amide bonds. The highest BCUT2D eigenvalue weighted by molar-refractivity contribution is 7.91. The van der Waals surface area contributed by atoms with Crippen LogP contribution in [0, 0.1) is 0 Å². The smallest absolute Gasteiger partial charge is 0.243 e. The number of hydrogen-bond acceptors (Lipinski definition) is 6. The Balaban J connectivity index is 1.52. The van der Waals surface area contributed by atoms with E-state index in [0.29, 0.717) is 30.1 Å². The van der Waals surface area contributed by atoms with Crippen LogP contribution in [0.2, 0.25) is 0 Å². The van der Waals surface area contributed by atoms with Crippen molar-refractivity contribution >= 4 is 19.9 Å².